The Morgan fingerprint density at radius 1 is 1.08 bits per heavy atom. The number of anilines is 1. The number of benzene rings is 2. The third kappa shape index (κ3) is 2.83. The molecule has 0 radical (unpaired) electrons. The molecule has 0 atom stereocenters. The molecule has 1 amide bonds. The number of hydrogen-bond donors (Lipinski definition) is 2. The normalized spacial score (nSPS) is 11.0. The summed E-state index contributed by atoms with van der Waals surface area (Å²) >= 11 is 0. The van der Waals surface area contributed by atoms with Gasteiger partial charge in [0.25, 0.3) is 5.91 Å². The van der Waals surface area contributed by atoms with Crippen LogP contribution < -0.4 is 5.32 Å². The third-order valence-electron chi connectivity index (χ3n) is 4.19. The van der Waals surface area contributed by atoms with Gasteiger partial charge in [-0.25, -0.2) is 4.98 Å². The predicted molar refractivity (Wildman–Crippen MR) is 99.6 cm³/mol. The van der Waals surface area contributed by atoms with E-state index in [1.165, 1.54) is 4.80 Å². The van der Waals surface area contributed by atoms with Crippen LogP contribution in [0.25, 0.3) is 16.7 Å². The zero-order valence-corrected chi connectivity index (χ0v) is 14.7. The van der Waals surface area contributed by atoms with Crippen molar-refractivity contribution in [2.45, 2.75) is 20.8 Å². The second kappa shape index (κ2) is 6.11. The molecule has 4 aromatic rings. The van der Waals surface area contributed by atoms with Crippen molar-refractivity contribution < 1.29 is 4.79 Å². The number of carbonyl (C=O) groups is 1. The molecule has 0 spiro atoms. The lowest BCUT2D eigenvalue weighted by Gasteiger charge is -2.04. The summed E-state index contributed by atoms with van der Waals surface area (Å²) in [6, 6.07) is 13.6. The molecule has 26 heavy (non-hydrogen) atoms. The number of nitrogens with one attached hydrogen (secondary N) is 2. The van der Waals surface area contributed by atoms with Crippen LogP contribution in [-0.2, 0) is 0 Å². The highest BCUT2D eigenvalue weighted by molar-refractivity contribution is 6.03. The van der Waals surface area contributed by atoms with Gasteiger partial charge in [0.15, 0.2) is 5.69 Å². The highest BCUT2D eigenvalue weighted by Crippen LogP contribution is 2.17. The molecular weight excluding hydrogens is 328 g/mol. The average molecular weight is 346 g/mol. The van der Waals surface area contributed by atoms with Gasteiger partial charge in [-0.2, -0.15) is 9.90 Å². The van der Waals surface area contributed by atoms with Crippen molar-refractivity contribution >= 4 is 22.9 Å². The van der Waals surface area contributed by atoms with E-state index in [0.29, 0.717) is 11.6 Å². The quantitative estimate of drug-likeness (QED) is 0.595. The van der Waals surface area contributed by atoms with Crippen molar-refractivity contribution in [1.82, 2.24) is 25.0 Å². The molecule has 2 aromatic heterocycles. The van der Waals surface area contributed by atoms with Gasteiger partial charge in [0.1, 0.15) is 0 Å². The molecule has 2 heterocycles. The number of fused-ring (bicyclic) bond motifs is 1. The number of hydrogen-bond acceptors (Lipinski definition) is 4. The molecule has 0 unspecified atom stereocenters. The predicted octanol–water partition coefficient (Wildman–Crippen LogP) is 3.32. The second-order valence-corrected chi connectivity index (χ2v) is 6.27. The summed E-state index contributed by atoms with van der Waals surface area (Å²) < 4.78 is 0. The fraction of sp³-hybridized carbons (Fsp3) is 0.158. The van der Waals surface area contributed by atoms with E-state index in [-0.39, 0.29) is 11.6 Å². The van der Waals surface area contributed by atoms with E-state index < -0.39 is 0 Å². The smallest absolute Gasteiger partial charge is 0.280 e. The molecule has 7 heteroatoms. The molecule has 0 aliphatic rings. The first-order valence-corrected chi connectivity index (χ1v) is 8.29. The van der Waals surface area contributed by atoms with E-state index in [2.05, 4.69) is 31.5 Å². The van der Waals surface area contributed by atoms with E-state index in [1.54, 1.807) is 6.92 Å². The van der Waals surface area contributed by atoms with Crippen molar-refractivity contribution in [2.24, 2.45) is 0 Å². The Kier molecular flexibility index (Phi) is 3.76. The second-order valence-electron chi connectivity index (χ2n) is 6.27. The largest absolute Gasteiger partial charge is 0.324 e. The number of H-pyrrole nitrogens is 1. The molecule has 130 valence electrons. The number of amides is 1. The number of carbonyl (C=O) groups excluding carboxylic acids is 1. The van der Waals surface area contributed by atoms with Gasteiger partial charge < -0.3 is 4.98 Å². The number of rotatable bonds is 3. The molecule has 7 nitrogen and oxygen atoms in total. The number of aromatic nitrogens is 5. The molecule has 0 aliphatic carbocycles. The molecule has 0 fully saturated rings. The summed E-state index contributed by atoms with van der Waals surface area (Å²) in [5.41, 5.74) is 5.53. The summed E-state index contributed by atoms with van der Waals surface area (Å²) in [7, 11) is 0. The fourth-order valence-electron chi connectivity index (χ4n) is 2.90. The molecule has 4 rings (SSSR count). The standard InChI is InChI=1S/C19H18N6O/c1-11-8-9-16(12(2)10-11)25-23-13(3)17(24-25)18(26)22-19-20-14-6-4-5-7-15(14)21-19/h4-10H,1-3H3,(H2,20,21,22,26). The van der Waals surface area contributed by atoms with E-state index >= 15 is 0 Å². The molecule has 0 bridgehead atoms. The van der Waals surface area contributed by atoms with Crippen molar-refractivity contribution in [3.05, 3.63) is 65.0 Å². The summed E-state index contributed by atoms with van der Waals surface area (Å²) in [4.78, 5) is 21.5. The Bertz CT molecular complexity index is 1090. The van der Waals surface area contributed by atoms with Crippen molar-refractivity contribution in [2.75, 3.05) is 5.32 Å². The Hall–Kier alpha value is -3.48. The SMILES string of the molecule is Cc1ccc(-n2nc(C)c(C(=O)Nc3nc4ccccc4[nH]3)n2)c(C)c1. The van der Waals surface area contributed by atoms with Crippen molar-refractivity contribution in [3.63, 3.8) is 0 Å². The van der Waals surface area contributed by atoms with E-state index in [1.807, 2.05) is 50.2 Å². The van der Waals surface area contributed by atoms with Crippen LogP contribution in [0.15, 0.2) is 42.5 Å². The lowest BCUT2D eigenvalue weighted by atomic mass is 10.1. The summed E-state index contributed by atoms with van der Waals surface area (Å²) in [5, 5.41) is 11.5. The molecule has 0 saturated carbocycles. The Morgan fingerprint density at radius 2 is 1.88 bits per heavy atom. The first-order chi connectivity index (χ1) is 12.5. The van der Waals surface area contributed by atoms with Gasteiger partial charge in [-0.15, -0.1) is 5.10 Å². The average Bonchev–Trinajstić information content (AvgIpc) is 3.17. The zero-order chi connectivity index (χ0) is 18.3. The summed E-state index contributed by atoms with van der Waals surface area (Å²) in [6.45, 7) is 5.79. The van der Waals surface area contributed by atoms with Crippen LogP contribution in [0.1, 0.15) is 27.3 Å². The van der Waals surface area contributed by atoms with Gasteiger partial charge in [0.2, 0.25) is 5.95 Å². The van der Waals surface area contributed by atoms with Crippen LogP contribution in [-0.4, -0.2) is 30.9 Å². The highest BCUT2D eigenvalue weighted by atomic mass is 16.2. The number of imidazole rings is 1. The topological polar surface area (TPSA) is 88.5 Å². The molecule has 0 aliphatic heterocycles. The lowest BCUT2D eigenvalue weighted by molar-refractivity contribution is 0.102. The molecule has 2 aromatic carbocycles. The van der Waals surface area contributed by atoms with Gasteiger partial charge in [-0.1, -0.05) is 29.8 Å². The maximum Gasteiger partial charge on any atom is 0.280 e. The molecule has 2 N–H and O–H groups in total. The Labute approximate surface area is 150 Å². The van der Waals surface area contributed by atoms with Gasteiger partial charge in [0, 0.05) is 0 Å². The van der Waals surface area contributed by atoms with Crippen LogP contribution in [0.4, 0.5) is 5.95 Å². The van der Waals surface area contributed by atoms with Crippen molar-refractivity contribution in [1.29, 1.82) is 0 Å². The number of aryl methyl sites for hydroxylation is 3. The maximum atomic E-state index is 12.6. The van der Waals surface area contributed by atoms with E-state index in [9.17, 15) is 4.79 Å². The number of aromatic amines is 1. The fourth-order valence-corrected chi connectivity index (χ4v) is 2.90. The Morgan fingerprint density at radius 3 is 2.65 bits per heavy atom. The van der Waals surface area contributed by atoms with Gasteiger partial charge in [-0.3, -0.25) is 10.1 Å². The van der Waals surface area contributed by atoms with Crippen LogP contribution in [0, 0.1) is 20.8 Å². The molecular formula is C19H18N6O. The zero-order valence-electron chi connectivity index (χ0n) is 14.7. The number of para-hydroxylation sites is 2. The van der Waals surface area contributed by atoms with E-state index in [0.717, 1.165) is 27.8 Å². The first-order valence-electron chi connectivity index (χ1n) is 8.29. The van der Waals surface area contributed by atoms with Gasteiger partial charge in [0.05, 0.1) is 22.4 Å². The molecule has 0 saturated heterocycles. The van der Waals surface area contributed by atoms with Gasteiger partial charge >= 0.3 is 0 Å². The third-order valence-corrected chi connectivity index (χ3v) is 4.19. The minimum atomic E-state index is -0.349. The summed E-state index contributed by atoms with van der Waals surface area (Å²) in [6.07, 6.45) is 0. The number of nitrogens with zero attached hydrogens (tertiary/aromatic N) is 4. The highest BCUT2D eigenvalue weighted by Gasteiger charge is 2.18. The minimum Gasteiger partial charge on any atom is -0.324 e. The minimum absolute atomic E-state index is 0.269. The maximum absolute atomic E-state index is 12.6. The van der Waals surface area contributed by atoms with Crippen LogP contribution >= 0.6 is 0 Å². The van der Waals surface area contributed by atoms with Crippen molar-refractivity contribution in [3.8, 4) is 5.69 Å². The van der Waals surface area contributed by atoms with Crippen LogP contribution in [0.2, 0.25) is 0 Å². The monoisotopic (exact) mass is 346 g/mol. The Balaban J connectivity index is 1.63. The van der Waals surface area contributed by atoms with E-state index in [4.69, 9.17) is 0 Å². The van der Waals surface area contributed by atoms with Crippen LogP contribution in [0.5, 0.6) is 0 Å². The van der Waals surface area contributed by atoms with Crippen LogP contribution in [0.3, 0.4) is 0 Å². The lowest BCUT2D eigenvalue weighted by Crippen LogP contribution is -2.15. The first kappa shape index (κ1) is 16.0. The van der Waals surface area contributed by atoms with Gasteiger partial charge in [-0.05, 0) is 44.5 Å². The summed E-state index contributed by atoms with van der Waals surface area (Å²) in [5.74, 6) is 0.0363.